The van der Waals surface area contributed by atoms with Crippen molar-refractivity contribution in [1.29, 1.82) is 0 Å². The van der Waals surface area contributed by atoms with E-state index in [9.17, 15) is 0 Å². The van der Waals surface area contributed by atoms with Crippen molar-refractivity contribution in [3.8, 4) is 6.01 Å². The van der Waals surface area contributed by atoms with E-state index in [0.29, 0.717) is 24.0 Å². The summed E-state index contributed by atoms with van der Waals surface area (Å²) in [6.07, 6.45) is 4.74. The lowest BCUT2D eigenvalue weighted by Crippen LogP contribution is -2.32. The summed E-state index contributed by atoms with van der Waals surface area (Å²) in [5, 5.41) is 3.51. The summed E-state index contributed by atoms with van der Waals surface area (Å²) >= 11 is 5.88. The van der Waals surface area contributed by atoms with E-state index in [4.69, 9.17) is 16.3 Å². The van der Waals surface area contributed by atoms with E-state index in [1.807, 2.05) is 6.92 Å². The molecule has 0 amide bonds. The second-order valence-corrected chi connectivity index (χ2v) is 6.08. The van der Waals surface area contributed by atoms with Gasteiger partial charge in [-0.2, -0.15) is 15.0 Å². The predicted molar refractivity (Wildman–Crippen MR) is 75.7 cm³/mol. The highest BCUT2D eigenvalue weighted by Crippen LogP contribution is 2.36. The van der Waals surface area contributed by atoms with Crippen LogP contribution in [0.2, 0.25) is 5.28 Å². The fourth-order valence-electron chi connectivity index (χ4n) is 2.59. The fraction of sp³-hybridized carbons (Fsp3) is 0.769. The molecule has 6 heteroatoms. The Balaban J connectivity index is 2.06. The molecule has 0 bridgehead atoms. The molecule has 0 aromatic carbocycles. The van der Waals surface area contributed by atoms with Gasteiger partial charge in [-0.15, -0.1) is 0 Å². The second kappa shape index (κ2) is 5.90. The molecule has 19 heavy (non-hydrogen) atoms. The molecule has 1 heterocycles. The third-order valence-electron chi connectivity index (χ3n) is 3.40. The first kappa shape index (κ1) is 14.3. The van der Waals surface area contributed by atoms with Gasteiger partial charge in [0.15, 0.2) is 0 Å². The van der Waals surface area contributed by atoms with Crippen molar-refractivity contribution < 1.29 is 4.74 Å². The maximum atomic E-state index is 5.88. The molecule has 106 valence electrons. The Labute approximate surface area is 119 Å². The van der Waals surface area contributed by atoms with Crippen LogP contribution >= 0.6 is 11.6 Å². The zero-order chi connectivity index (χ0) is 13.9. The van der Waals surface area contributed by atoms with Crippen LogP contribution in [0.1, 0.15) is 46.5 Å². The lowest BCUT2D eigenvalue weighted by Gasteiger charge is -2.35. The SMILES string of the molecule is CCOc1nc(Cl)nc(NC2CCCC(C)(C)C2)n1. The number of halogens is 1. The summed E-state index contributed by atoms with van der Waals surface area (Å²) in [4.78, 5) is 12.3. The molecule has 1 aromatic rings. The molecule has 0 radical (unpaired) electrons. The van der Waals surface area contributed by atoms with Crippen LogP contribution in [0.4, 0.5) is 5.95 Å². The van der Waals surface area contributed by atoms with Crippen LogP contribution in [0.25, 0.3) is 0 Å². The molecule has 0 aliphatic heterocycles. The predicted octanol–water partition coefficient (Wildman–Crippen LogP) is 3.30. The van der Waals surface area contributed by atoms with Gasteiger partial charge < -0.3 is 10.1 Å². The molecule has 2 rings (SSSR count). The normalized spacial score (nSPS) is 22.0. The van der Waals surface area contributed by atoms with Crippen molar-refractivity contribution in [3.63, 3.8) is 0 Å². The van der Waals surface area contributed by atoms with E-state index in [1.54, 1.807) is 0 Å². The molecule has 0 saturated heterocycles. The Hall–Kier alpha value is -1.10. The Bertz CT molecular complexity index is 439. The highest BCUT2D eigenvalue weighted by Gasteiger charge is 2.28. The zero-order valence-electron chi connectivity index (χ0n) is 11.7. The molecule has 1 saturated carbocycles. The van der Waals surface area contributed by atoms with Crippen LogP contribution in [-0.2, 0) is 0 Å². The smallest absolute Gasteiger partial charge is 0.322 e. The third-order valence-corrected chi connectivity index (χ3v) is 3.57. The van der Waals surface area contributed by atoms with Crippen molar-refractivity contribution >= 4 is 17.5 Å². The van der Waals surface area contributed by atoms with E-state index in [1.165, 1.54) is 12.8 Å². The van der Waals surface area contributed by atoms with E-state index in [2.05, 4.69) is 34.1 Å². The highest BCUT2D eigenvalue weighted by atomic mass is 35.5. The Morgan fingerprint density at radius 3 is 2.84 bits per heavy atom. The molecule has 0 spiro atoms. The van der Waals surface area contributed by atoms with E-state index in [-0.39, 0.29) is 11.3 Å². The van der Waals surface area contributed by atoms with Crippen LogP contribution in [0.3, 0.4) is 0 Å². The van der Waals surface area contributed by atoms with Gasteiger partial charge in [0, 0.05) is 6.04 Å². The molecular formula is C13H21ClN4O. The standard InChI is InChI=1S/C13H21ClN4O/c1-4-19-12-17-10(14)16-11(18-12)15-9-6-5-7-13(2,3)8-9/h9H,4-8H2,1-3H3,(H,15,16,17,18). The number of nitrogens with zero attached hydrogens (tertiary/aromatic N) is 3. The molecule has 1 N–H and O–H groups in total. The van der Waals surface area contributed by atoms with Gasteiger partial charge in [-0.05, 0) is 43.2 Å². The maximum absolute atomic E-state index is 5.88. The summed E-state index contributed by atoms with van der Waals surface area (Å²) in [6.45, 7) is 6.99. The first-order valence-electron chi connectivity index (χ1n) is 6.79. The maximum Gasteiger partial charge on any atom is 0.322 e. The fourth-order valence-corrected chi connectivity index (χ4v) is 2.75. The van der Waals surface area contributed by atoms with E-state index >= 15 is 0 Å². The van der Waals surface area contributed by atoms with Crippen LogP contribution in [0.5, 0.6) is 6.01 Å². The zero-order valence-corrected chi connectivity index (χ0v) is 12.5. The molecule has 5 nitrogen and oxygen atoms in total. The van der Waals surface area contributed by atoms with Crippen LogP contribution in [0.15, 0.2) is 0 Å². The minimum absolute atomic E-state index is 0.163. The van der Waals surface area contributed by atoms with Crippen molar-refractivity contribution in [2.24, 2.45) is 5.41 Å². The van der Waals surface area contributed by atoms with Gasteiger partial charge in [0.2, 0.25) is 11.2 Å². The molecule has 1 aliphatic rings. The number of aromatic nitrogens is 3. The van der Waals surface area contributed by atoms with Crippen LogP contribution in [0, 0.1) is 5.41 Å². The summed E-state index contributed by atoms with van der Waals surface area (Å²) in [5.74, 6) is 0.506. The largest absolute Gasteiger partial charge is 0.464 e. The summed E-state index contributed by atoms with van der Waals surface area (Å²) in [7, 11) is 0. The van der Waals surface area contributed by atoms with Crippen molar-refractivity contribution in [2.75, 3.05) is 11.9 Å². The average molecular weight is 285 g/mol. The van der Waals surface area contributed by atoms with Crippen LogP contribution in [-0.4, -0.2) is 27.6 Å². The van der Waals surface area contributed by atoms with Gasteiger partial charge in [0.1, 0.15) is 0 Å². The molecular weight excluding hydrogens is 264 g/mol. The molecule has 1 atom stereocenters. The lowest BCUT2D eigenvalue weighted by molar-refractivity contribution is 0.229. The van der Waals surface area contributed by atoms with E-state index < -0.39 is 0 Å². The van der Waals surface area contributed by atoms with Crippen LogP contribution < -0.4 is 10.1 Å². The Kier molecular flexibility index (Phi) is 4.45. The molecule has 1 aromatic heterocycles. The summed E-state index contributed by atoms with van der Waals surface area (Å²) in [5.41, 5.74) is 0.371. The van der Waals surface area contributed by atoms with Gasteiger partial charge in [-0.1, -0.05) is 20.3 Å². The molecule has 1 aliphatic carbocycles. The number of nitrogens with one attached hydrogen (secondary N) is 1. The average Bonchev–Trinajstić information content (AvgIpc) is 2.26. The minimum Gasteiger partial charge on any atom is -0.464 e. The first-order chi connectivity index (χ1) is 8.98. The molecule has 1 unspecified atom stereocenters. The van der Waals surface area contributed by atoms with E-state index in [0.717, 1.165) is 12.8 Å². The van der Waals surface area contributed by atoms with Crippen molar-refractivity contribution in [2.45, 2.75) is 52.5 Å². The van der Waals surface area contributed by atoms with Gasteiger partial charge in [0.25, 0.3) is 0 Å². The number of hydrogen-bond acceptors (Lipinski definition) is 5. The van der Waals surface area contributed by atoms with Gasteiger partial charge in [0.05, 0.1) is 6.61 Å². The number of anilines is 1. The van der Waals surface area contributed by atoms with Gasteiger partial charge in [-0.25, -0.2) is 0 Å². The highest BCUT2D eigenvalue weighted by molar-refractivity contribution is 6.28. The number of hydrogen-bond donors (Lipinski definition) is 1. The molecule has 1 fully saturated rings. The first-order valence-corrected chi connectivity index (χ1v) is 7.17. The minimum atomic E-state index is 0.163. The third kappa shape index (κ3) is 4.20. The van der Waals surface area contributed by atoms with Crippen molar-refractivity contribution in [3.05, 3.63) is 5.28 Å². The Morgan fingerprint density at radius 2 is 2.16 bits per heavy atom. The van der Waals surface area contributed by atoms with Crippen molar-refractivity contribution in [1.82, 2.24) is 15.0 Å². The second-order valence-electron chi connectivity index (χ2n) is 5.75. The summed E-state index contributed by atoms with van der Waals surface area (Å²) in [6, 6.07) is 0.664. The number of rotatable bonds is 4. The van der Waals surface area contributed by atoms with Gasteiger partial charge >= 0.3 is 6.01 Å². The lowest BCUT2D eigenvalue weighted by atomic mass is 9.75. The Morgan fingerprint density at radius 1 is 1.37 bits per heavy atom. The quantitative estimate of drug-likeness (QED) is 0.919. The summed E-state index contributed by atoms with van der Waals surface area (Å²) < 4.78 is 5.27. The number of ether oxygens (including phenoxy) is 1. The van der Waals surface area contributed by atoms with Gasteiger partial charge in [-0.3, -0.25) is 0 Å². The monoisotopic (exact) mass is 284 g/mol. The topological polar surface area (TPSA) is 59.9 Å².